The summed E-state index contributed by atoms with van der Waals surface area (Å²) in [6.45, 7) is 0. The highest BCUT2D eigenvalue weighted by atomic mass is 15.2. The molecule has 2 heterocycles. The van der Waals surface area contributed by atoms with Crippen molar-refractivity contribution in [2.24, 2.45) is 11.8 Å². The van der Waals surface area contributed by atoms with Gasteiger partial charge in [0, 0.05) is 34.8 Å². The summed E-state index contributed by atoms with van der Waals surface area (Å²) < 4.78 is 0. The molecular weight excluding hydrogens is 617 g/mol. The highest BCUT2D eigenvalue weighted by Gasteiger charge is 2.46. The lowest BCUT2D eigenvalue weighted by Crippen LogP contribution is -2.58. The maximum Gasteiger partial charge on any atom is 0.0462 e. The van der Waals surface area contributed by atoms with Gasteiger partial charge >= 0.3 is 0 Å². The summed E-state index contributed by atoms with van der Waals surface area (Å²) in [6.07, 6.45) is 7.03. The highest BCUT2D eigenvalue weighted by Crippen LogP contribution is 2.51. The zero-order valence-corrected chi connectivity index (χ0v) is 28.9. The number of anilines is 4. The first-order valence-electron chi connectivity index (χ1n) is 18.8. The van der Waals surface area contributed by atoms with Crippen molar-refractivity contribution in [1.29, 1.82) is 0 Å². The molecule has 2 aliphatic heterocycles. The largest absolute Gasteiger partial charge is 0.366 e. The van der Waals surface area contributed by atoms with Gasteiger partial charge in [-0.05, 0) is 137 Å². The van der Waals surface area contributed by atoms with Gasteiger partial charge in [-0.2, -0.15) is 0 Å². The molecule has 0 atom stereocenters. The predicted octanol–water partition coefficient (Wildman–Crippen LogP) is 13.1. The van der Waals surface area contributed by atoms with Crippen LogP contribution in [0.15, 0.2) is 170 Å². The fourth-order valence-corrected chi connectivity index (χ4v) is 9.75. The van der Waals surface area contributed by atoms with Gasteiger partial charge in [0.2, 0.25) is 0 Å². The molecule has 0 radical (unpaired) electrons. The summed E-state index contributed by atoms with van der Waals surface area (Å²) in [5, 5.41) is 2.54. The minimum Gasteiger partial charge on any atom is -0.366 e. The van der Waals surface area contributed by atoms with Crippen LogP contribution >= 0.6 is 0 Å². The molecule has 2 heteroatoms. The first-order valence-corrected chi connectivity index (χ1v) is 18.8. The maximum atomic E-state index is 2.80. The van der Waals surface area contributed by atoms with Crippen molar-refractivity contribution in [3.05, 3.63) is 170 Å². The van der Waals surface area contributed by atoms with Crippen molar-refractivity contribution in [2.75, 3.05) is 9.80 Å². The first-order chi connectivity index (χ1) is 25.2. The van der Waals surface area contributed by atoms with Crippen molar-refractivity contribution in [1.82, 2.24) is 0 Å². The molecule has 0 aromatic heterocycles. The molecule has 0 unspecified atom stereocenters. The standard InChI is InChI=1S/C49H42N2/c1-2-8-36(9-3-1)37-16-22-42(23-17-37)50(44-26-20-40(21-27-44)49-15-7-11-39-10-4-5-14-48(39)49)43-24-18-38(19-25-43)41-12-6-13-45(33-41)51-46-29-34-28-35(31-46)32-47(51)30-34/h1-27,33-35,46-47H,28-32H2. The molecule has 2 nitrogen and oxygen atoms in total. The Labute approximate surface area is 301 Å². The predicted molar refractivity (Wildman–Crippen MR) is 215 cm³/mol. The van der Waals surface area contributed by atoms with Crippen LogP contribution in [0.5, 0.6) is 0 Å². The summed E-state index contributed by atoms with van der Waals surface area (Å²) >= 11 is 0. The van der Waals surface area contributed by atoms with E-state index in [1.54, 1.807) is 0 Å². The summed E-state index contributed by atoms with van der Waals surface area (Å²) in [5.41, 5.74) is 12.3. The van der Waals surface area contributed by atoms with Crippen LogP contribution in [0, 0.1) is 11.8 Å². The molecule has 51 heavy (non-hydrogen) atoms. The number of piperidine rings is 2. The van der Waals surface area contributed by atoms with Crippen LogP contribution in [0.4, 0.5) is 22.7 Å². The van der Waals surface area contributed by atoms with Crippen LogP contribution < -0.4 is 9.80 Å². The number of benzene rings is 7. The molecule has 4 aliphatic rings. The van der Waals surface area contributed by atoms with Crippen LogP contribution in [-0.2, 0) is 0 Å². The summed E-state index contributed by atoms with van der Waals surface area (Å²) in [6, 6.07) is 63.8. The third-order valence-electron chi connectivity index (χ3n) is 11.9. The van der Waals surface area contributed by atoms with Crippen LogP contribution in [0.25, 0.3) is 44.2 Å². The zero-order chi connectivity index (χ0) is 33.7. The second-order valence-electron chi connectivity index (χ2n) is 15.0. The molecule has 248 valence electrons. The van der Waals surface area contributed by atoms with Crippen molar-refractivity contribution in [3.63, 3.8) is 0 Å². The van der Waals surface area contributed by atoms with Crippen LogP contribution in [-0.4, -0.2) is 12.1 Å². The molecule has 2 saturated carbocycles. The van der Waals surface area contributed by atoms with E-state index in [1.165, 1.54) is 81.9 Å². The van der Waals surface area contributed by atoms with Gasteiger partial charge in [-0.15, -0.1) is 0 Å². The van der Waals surface area contributed by atoms with Gasteiger partial charge < -0.3 is 9.80 Å². The Morgan fingerprint density at radius 3 is 1.53 bits per heavy atom. The lowest BCUT2D eigenvalue weighted by molar-refractivity contribution is 0.0900. The van der Waals surface area contributed by atoms with E-state index in [4.69, 9.17) is 0 Å². The Balaban J connectivity index is 0.989. The zero-order valence-electron chi connectivity index (χ0n) is 28.9. The average molecular weight is 659 g/mol. The van der Waals surface area contributed by atoms with Gasteiger partial charge in [0.25, 0.3) is 0 Å². The van der Waals surface area contributed by atoms with E-state index >= 15 is 0 Å². The fraction of sp³-hybridized carbons (Fsp3) is 0.184. The SMILES string of the molecule is c1ccc(-c2ccc(N(c3ccc(-c4cccc(N5C6CC7CC(C6)CC5C7)c4)cc3)c3ccc(-c4cccc5ccccc45)cc3)cc2)cc1. The summed E-state index contributed by atoms with van der Waals surface area (Å²) in [5.74, 6) is 1.93. The molecule has 4 bridgehead atoms. The quantitative estimate of drug-likeness (QED) is 0.168. The van der Waals surface area contributed by atoms with Crippen molar-refractivity contribution < 1.29 is 0 Å². The minimum atomic E-state index is 0.729. The van der Waals surface area contributed by atoms with Crippen LogP contribution in [0.1, 0.15) is 32.1 Å². The second-order valence-corrected chi connectivity index (χ2v) is 15.0. The highest BCUT2D eigenvalue weighted by molar-refractivity contribution is 5.97. The fourth-order valence-electron chi connectivity index (χ4n) is 9.75. The number of nitrogens with zero attached hydrogens (tertiary/aromatic N) is 2. The average Bonchev–Trinajstić information content (AvgIpc) is 3.19. The van der Waals surface area contributed by atoms with E-state index in [0.29, 0.717) is 0 Å². The number of hydrogen-bond donors (Lipinski definition) is 0. The molecule has 11 rings (SSSR count). The van der Waals surface area contributed by atoms with E-state index in [9.17, 15) is 0 Å². The number of fused-ring (bicyclic) bond motifs is 1. The lowest BCUT2D eigenvalue weighted by Gasteiger charge is -2.57. The Bertz CT molecular complexity index is 2270. The Morgan fingerprint density at radius 2 is 0.882 bits per heavy atom. The van der Waals surface area contributed by atoms with Gasteiger partial charge in [-0.25, -0.2) is 0 Å². The Kier molecular flexibility index (Phi) is 7.48. The van der Waals surface area contributed by atoms with Crippen molar-refractivity contribution in [2.45, 2.75) is 44.2 Å². The normalized spacial score (nSPS) is 20.5. The molecule has 0 amide bonds. The molecule has 2 aliphatic carbocycles. The summed E-state index contributed by atoms with van der Waals surface area (Å²) in [4.78, 5) is 5.18. The van der Waals surface area contributed by atoms with E-state index in [1.807, 2.05) is 0 Å². The molecule has 7 aromatic carbocycles. The van der Waals surface area contributed by atoms with Crippen molar-refractivity contribution in [3.8, 4) is 33.4 Å². The van der Waals surface area contributed by atoms with Crippen LogP contribution in [0.2, 0.25) is 0 Å². The van der Waals surface area contributed by atoms with Gasteiger partial charge in [0.15, 0.2) is 0 Å². The van der Waals surface area contributed by atoms with Gasteiger partial charge in [0.05, 0.1) is 0 Å². The van der Waals surface area contributed by atoms with Gasteiger partial charge in [-0.3, -0.25) is 0 Å². The third kappa shape index (κ3) is 5.60. The van der Waals surface area contributed by atoms with E-state index in [-0.39, 0.29) is 0 Å². The van der Waals surface area contributed by atoms with Gasteiger partial charge in [-0.1, -0.05) is 121 Å². The molecule has 4 fully saturated rings. The first kappa shape index (κ1) is 30.2. The Morgan fingerprint density at radius 1 is 0.392 bits per heavy atom. The second kappa shape index (κ2) is 12.6. The number of rotatable bonds is 7. The Hall–Kier alpha value is -5.60. The van der Waals surface area contributed by atoms with E-state index in [0.717, 1.165) is 41.0 Å². The smallest absolute Gasteiger partial charge is 0.0462 e. The monoisotopic (exact) mass is 658 g/mol. The lowest BCUT2D eigenvalue weighted by atomic mass is 9.63. The maximum absolute atomic E-state index is 2.80. The van der Waals surface area contributed by atoms with E-state index < -0.39 is 0 Å². The van der Waals surface area contributed by atoms with Gasteiger partial charge in [0.1, 0.15) is 0 Å². The molecule has 0 spiro atoms. The topological polar surface area (TPSA) is 6.48 Å². The molecule has 0 N–H and O–H groups in total. The summed E-state index contributed by atoms with van der Waals surface area (Å²) in [7, 11) is 0. The van der Waals surface area contributed by atoms with E-state index in [2.05, 4.69) is 180 Å². The van der Waals surface area contributed by atoms with Crippen molar-refractivity contribution >= 4 is 33.5 Å². The molecule has 7 aromatic rings. The minimum absolute atomic E-state index is 0.729. The third-order valence-corrected chi connectivity index (χ3v) is 11.9. The number of hydrogen-bond acceptors (Lipinski definition) is 2. The van der Waals surface area contributed by atoms with Crippen LogP contribution in [0.3, 0.4) is 0 Å². The molecular formula is C49H42N2. The molecule has 2 saturated heterocycles.